The topological polar surface area (TPSA) is 21.3 Å². The molecule has 0 aliphatic carbocycles. The highest BCUT2D eigenvalue weighted by Crippen LogP contribution is 2.41. The zero-order valence-corrected chi connectivity index (χ0v) is 14.5. The number of hydrogen-bond acceptors (Lipinski definition) is 2. The molecule has 0 bridgehead atoms. The summed E-state index contributed by atoms with van der Waals surface area (Å²) in [5, 5.41) is 4.72. The molecule has 1 aliphatic rings. The molecule has 1 aliphatic heterocycles. The van der Waals surface area contributed by atoms with Crippen LogP contribution < -0.4 is 10.1 Å². The van der Waals surface area contributed by atoms with E-state index in [-0.39, 0.29) is 6.04 Å². The minimum absolute atomic E-state index is 0.138. The van der Waals surface area contributed by atoms with Gasteiger partial charge in [-0.3, -0.25) is 0 Å². The second-order valence-corrected chi connectivity index (χ2v) is 6.80. The van der Waals surface area contributed by atoms with E-state index in [4.69, 9.17) is 27.9 Å². The fourth-order valence-electron chi connectivity index (χ4n) is 2.46. The third-order valence-electron chi connectivity index (χ3n) is 3.58. The van der Waals surface area contributed by atoms with Gasteiger partial charge in [-0.25, -0.2) is 0 Å². The number of halogens is 3. The predicted octanol–water partition coefficient (Wildman–Crippen LogP) is 6.00. The average molecular weight is 387 g/mol. The number of nitrogens with one attached hydrogen (secondary N) is 1. The smallest absolute Gasteiger partial charge is 0.143 e. The molecule has 110 valence electrons. The Morgan fingerprint density at radius 1 is 1.24 bits per heavy atom. The number of fused-ring (bicyclic) bond motifs is 1. The van der Waals surface area contributed by atoms with E-state index in [0.29, 0.717) is 16.7 Å². The zero-order valence-electron chi connectivity index (χ0n) is 11.4. The van der Waals surface area contributed by atoms with E-state index in [1.807, 2.05) is 6.07 Å². The molecular formula is C16H14BrCl2NO. The first-order chi connectivity index (χ1) is 10.0. The van der Waals surface area contributed by atoms with Crippen molar-refractivity contribution in [1.29, 1.82) is 0 Å². The summed E-state index contributed by atoms with van der Waals surface area (Å²) in [7, 11) is 0. The Morgan fingerprint density at radius 2 is 2.05 bits per heavy atom. The fourth-order valence-corrected chi connectivity index (χ4v) is 3.40. The molecule has 2 aromatic rings. The molecule has 0 saturated carbocycles. The van der Waals surface area contributed by atoms with Crippen LogP contribution >= 0.6 is 39.1 Å². The van der Waals surface area contributed by atoms with Crippen molar-refractivity contribution in [3.63, 3.8) is 0 Å². The number of ether oxygens (including phenoxy) is 1. The van der Waals surface area contributed by atoms with Crippen molar-refractivity contribution in [2.24, 2.45) is 0 Å². The lowest BCUT2D eigenvalue weighted by molar-refractivity contribution is 0.274. The van der Waals surface area contributed by atoms with Crippen LogP contribution in [0.2, 0.25) is 10.0 Å². The molecule has 1 N–H and O–H groups in total. The van der Waals surface area contributed by atoms with E-state index in [1.165, 1.54) is 5.56 Å². The van der Waals surface area contributed by atoms with Crippen LogP contribution in [0.5, 0.6) is 5.75 Å². The Kier molecular flexibility index (Phi) is 4.34. The molecule has 2 nitrogen and oxygen atoms in total. The first kappa shape index (κ1) is 15.0. The van der Waals surface area contributed by atoms with Crippen LogP contribution in [0, 0.1) is 6.92 Å². The maximum Gasteiger partial charge on any atom is 0.143 e. The maximum absolute atomic E-state index is 6.22. The zero-order chi connectivity index (χ0) is 15.0. The predicted molar refractivity (Wildman–Crippen MR) is 91.8 cm³/mol. The first-order valence-corrected chi connectivity index (χ1v) is 8.24. The van der Waals surface area contributed by atoms with Crippen molar-refractivity contribution in [2.75, 3.05) is 11.9 Å². The molecule has 0 spiro atoms. The highest BCUT2D eigenvalue weighted by Gasteiger charge is 2.24. The van der Waals surface area contributed by atoms with Gasteiger partial charge in [0.1, 0.15) is 5.75 Å². The van der Waals surface area contributed by atoms with Gasteiger partial charge in [0.2, 0.25) is 0 Å². The molecule has 2 aromatic carbocycles. The minimum Gasteiger partial charge on any atom is -0.492 e. The number of rotatable bonds is 2. The van der Waals surface area contributed by atoms with Crippen LogP contribution in [-0.4, -0.2) is 6.61 Å². The van der Waals surface area contributed by atoms with Gasteiger partial charge in [-0.05, 0) is 36.8 Å². The lowest BCUT2D eigenvalue weighted by atomic mass is 10.00. The second-order valence-electron chi connectivity index (χ2n) is 5.10. The summed E-state index contributed by atoms with van der Waals surface area (Å²) in [5.41, 5.74) is 3.27. The Balaban J connectivity index is 1.93. The Morgan fingerprint density at radius 3 is 2.81 bits per heavy atom. The molecule has 5 heteroatoms. The van der Waals surface area contributed by atoms with Crippen molar-refractivity contribution in [3.8, 4) is 5.75 Å². The number of anilines is 1. The van der Waals surface area contributed by atoms with Gasteiger partial charge in [-0.15, -0.1) is 0 Å². The van der Waals surface area contributed by atoms with Gasteiger partial charge in [-0.2, -0.15) is 0 Å². The summed E-state index contributed by atoms with van der Waals surface area (Å²) in [6, 6.07) is 10.0. The van der Waals surface area contributed by atoms with Crippen molar-refractivity contribution in [3.05, 3.63) is 56.0 Å². The van der Waals surface area contributed by atoms with Crippen LogP contribution in [0.4, 0.5) is 5.69 Å². The summed E-state index contributed by atoms with van der Waals surface area (Å²) in [6.45, 7) is 2.70. The van der Waals surface area contributed by atoms with E-state index >= 15 is 0 Å². The molecule has 1 unspecified atom stereocenters. The van der Waals surface area contributed by atoms with E-state index in [2.05, 4.69) is 46.4 Å². The molecule has 0 amide bonds. The quantitative estimate of drug-likeness (QED) is 0.683. The standard InChI is InChI=1S/C16H14BrCl2NO/c1-9-2-3-11(8-13(9)17)20-15-4-5-21-16-12(15)6-10(18)7-14(16)19/h2-3,6-8,15,20H,4-5H2,1H3. The van der Waals surface area contributed by atoms with Crippen LogP contribution in [0.1, 0.15) is 23.6 Å². The third kappa shape index (κ3) is 3.15. The van der Waals surface area contributed by atoms with Crippen LogP contribution in [0.25, 0.3) is 0 Å². The Labute approximate surface area is 142 Å². The second kappa shape index (κ2) is 6.07. The molecule has 0 radical (unpaired) electrons. The van der Waals surface area contributed by atoms with Crippen LogP contribution in [0.3, 0.4) is 0 Å². The highest BCUT2D eigenvalue weighted by atomic mass is 79.9. The summed E-state index contributed by atoms with van der Waals surface area (Å²) in [4.78, 5) is 0. The van der Waals surface area contributed by atoms with Gasteiger partial charge < -0.3 is 10.1 Å². The van der Waals surface area contributed by atoms with Gasteiger partial charge in [0.15, 0.2) is 0 Å². The first-order valence-electron chi connectivity index (χ1n) is 6.69. The van der Waals surface area contributed by atoms with Crippen LogP contribution in [0.15, 0.2) is 34.8 Å². The molecular weight excluding hydrogens is 373 g/mol. The fraction of sp³-hybridized carbons (Fsp3) is 0.250. The SMILES string of the molecule is Cc1ccc(NC2CCOc3c(Cl)cc(Cl)cc32)cc1Br. The lowest BCUT2D eigenvalue weighted by Gasteiger charge is -2.28. The van der Waals surface area contributed by atoms with Crippen molar-refractivity contribution in [2.45, 2.75) is 19.4 Å². The molecule has 1 atom stereocenters. The Bertz CT molecular complexity index is 690. The van der Waals surface area contributed by atoms with Gasteiger partial charge in [-0.1, -0.05) is 45.2 Å². The number of hydrogen-bond donors (Lipinski definition) is 1. The summed E-state index contributed by atoms with van der Waals surface area (Å²) < 4.78 is 6.77. The molecule has 1 heterocycles. The minimum atomic E-state index is 0.138. The molecule has 0 saturated heterocycles. The normalized spacial score (nSPS) is 17.0. The van der Waals surface area contributed by atoms with E-state index in [9.17, 15) is 0 Å². The molecule has 3 rings (SSSR count). The van der Waals surface area contributed by atoms with Gasteiger partial charge >= 0.3 is 0 Å². The maximum atomic E-state index is 6.22. The molecule has 0 aromatic heterocycles. The van der Waals surface area contributed by atoms with E-state index in [0.717, 1.165) is 27.9 Å². The van der Waals surface area contributed by atoms with Crippen molar-refractivity contribution < 1.29 is 4.74 Å². The average Bonchev–Trinajstić information content (AvgIpc) is 2.44. The third-order valence-corrected chi connectivity index (χ3v) is 4.93. The Hall–Kier alpha value is -0.900. The molecule has 0 fully saturated rings. The van der Waals surface area contributed by atoms with E-state index < -0.39 is 0 Å². The summed E-state index contributed by atoms with van der Waals surface area (Å²) in [5.74, 6) is 0.732. The van der Waals surface area contributed by atoms with Crippen molar-refractivity contribution >= 4 is 44.8 Å². The van der Waals surface area contributed by atoms with Gasteiger partial charge in [0.25, 0.3) is 0 Å². The summed E-state index contributed by atoms with van der Waals surface area (Å²) in [6.07, 6.45) is 0.870. The molecule has 21 heavy (non-hydrogen) atoms. The number of aryl methyl sites for hydroxylation is 1. The monoisotopic (exact) mass is 385 g/mol. The van der Waals surface area contributed by atoms with E-state index in [1.54, 1.807) is 6.07 Å². The van der Waals surface area contributed by atoms with Crippen molar-refractivity contribution in [1.82, 2.24) is 0 Å². The van der Waals surface area contributed by atoms with Crippen LogP contribution in [-0.2, 0) is 0 Å². The number of benzene rings is 2. The largest absolute Gasteiger partial charge is 0.492 e. The summed E-state index contributed by atoms with van der Waals surface area (Å²) >= 11 is 15.9. The van der Waals surface area contributed by atoms with Gasteiger partial charge in [0.05, 0.1) is 17.7 Å². The highest BCUT2D eigenvalue weighted by molar-refractivity contribution is 9.10. The van der Waals surface area contributed by atoms with Gasteiger partial charge in [0, 0.05) is 27.2 Å². The lowest BCUT2D eigenvalue weighted by Crippen LogP contribution is -2.20.